The van der Waals surface area contributed by atoms with Crippen molar-refractivity contribution in [2.75, 3.05) is 13.1 Å². The van der Waals surface area contributed by atoms with E-state index < -0.39 is 11.2 Å². The maximum absolute atomic E-state index is 13.2. The predicted octanol–water partition coefficient (Wildman–Crippen LogP) is 5.53. The van der Waals surface area contributed by atoms with Crippen LogP contribution in [0.5, 0.6) is 5.75 Å². The molecule has 2 aliphatic rings. The number of ether oxygens (including phenoxy) is 1. The van der Waals surface area contributed by atoms with Crippen molar-refractivity contribution in [2.24, 2.45) is 5.92 Å². The van der Waals surface area contributed by atoms with E-state index in [-0.39, 0.29) is 18.2 Å². The second-order valence-corrected chi connectivity index (χ2v) is 10.9. The zero-order valence-electron chi connectivity index (χ0n) is 21.7. The molecule has 2 heterocycles. The number of fused-ring (bicyclic) bond motifs is 3. The van der Waals surface area contributed by atoms with Gasteiger partial charge in [-0.25, -0.2) is 4.79 Å². The van der Waals surface area contributed by atoms with Crippen molar-refractivity contribution in [3.8, 4) is 5.75 Å². The van der Waals surface area contributed by atoms with Gasteiger partial charge in [0.1, 0.15) is 17.9 Å². The van der Waals surface area contributed by atoms with E-state index in [1.54, 1.807) is 6.07 Å². The van der Waals surface area contributed by atoms with Gasteiger partial charge in [-0.1, -0.05) is 49.2 Å². The molecule has 2 fully saturated rings. The average molecular weight is 512 g/mol. The van der Waals surface area contributed by atoms with E-state index in [9.17, 15) is 14.7 Å². The predicted molar refractivity (Wildman–Crippen MR) is 147 cm³/mol. The Morgan fingerprint density at radius 3 is 2.79 bits per heavy atom. The summed E-state index contributed by atoms with van der Waals surface area (Å²) in [6.45, 7) is 3.36. The molecule has 6 nitrogen and oxygen atoms in total. The highest BCUT2D eigenvalue weighted by atomic mass is 16.5. The maximum atomic E-state index is 13.2. The third-order valence-electron chi connectivity index (χ3n) is 8.59. The zero-order valence-corrected chi connectivity index (χ0v) is 21.7. The normalized spacial score (nSPS) is 21.4. The number of nitrogens with zero attached hydrogens (tertiary/aromatic N) is 1. The molecule has 6 heteroatoms. The van der Waals surface area contributed by atoms with Gasteiger partial charge in [0.15, 0.2) is 0 Å². The lowest BCUT2D eigenvalue weighted by molar-refractivity contribution is -0.142. The highest BCUT2D eigenvalue weighted by molar-refractivity contribution is 5.85. The molecule has 1 saturated heterocycles. The van der Waals surface area contributed by atoms with Gasteiger partial charge in [0, 0.05) is 30.5 Å². The van der Waals surface area contributed by atoms with E-state index in [1.807, 2.05) is 42.2 Å². The van der Waals surface area contributed by atoms with Gasteiger partial charge in [0.05, 0.1) is 17.6 Å². The van der Waals surface area contributed by atoms with Crippen LogP contribution in [-0.4, -0.2) is 34.6 Å². The van der Waals surface area contributed by atoms with Crippen LogP contribution in [0.1, 0.15) is 48.8 Å². The molecule has 38 heavy (non-hydrogen) atoms. The first-order chi connectivity index (χ1) is 18.4. The second kappa shape index (κ2) is 9.91. The van der Waals surface area contributed by atoms with E-state index >= 15 is 0 Å². The fourth-order valence-corrected chi connectivity index (χ4v) is 6.22. The Hall–Kier alpha value is -3.64. The first-order valence-electron chi connectivity index (χ1n) is 13.6. The highest BCUT2D eigenvalue weighted by Gasteiger charge is 2.43. The Labute approximate surface area is 221 Å². The zero-order chi connectivity index (χ0) is 26.3. The molecule has 2 atom stereocenters. The summed E-state index contributed by atoms with van der Waals surface area (Å²) in [6, 6.07) is 19.9. The number of benzene rings is 3. The topological polar surface area (TPSA) is 80.0 Å². The van der Waals surface area contributed by atoms with Crippen LogP contribution >= 0.6 is 0 Å². The number of carbonyl (C=O) groups excluding carboxylic acids is 1. The van der Waals surface area contributed by atoms with Crippen molar-refractivity contribution in [3.63, 3.8) is 0 Å². The van der Waals surface area contributed by atoms with Crippen LogP contribution in [0.4, 0.5) is 0 Å². The van der Waals surface area contributed by atoms with Crippen molar-refractivity contribution >= 4 is 27.6 Å². The Balaban J connectivity index is 1.17. The van der Waals surface area contributed by atoms with E-state index in [1.165, 1.54) is 5.39 Å². The Morgan fingerprint density at radius 1 is 1.08 bits per heavy atom. The fourth-order valence-electron chi connectivity index (χ4n) is 6.22. The molecule has 3 aromatic carbocycles. The third kappa shape index (κ3) is 4.69. The lowest BCUT2D eigenvalue weighted by Crippen LogP contribution is -2.55. The van der Waals surface area contributed by atoms with Crippen LogP contribution in [0, 0.1) is 12.8 Å². The van der Waals surface area contributed by atoms with Gasteiger partial charge in [-0.15, -0.1) is 0 Å². The number of carbonyl (C=O) groups is 1. The number of rotatable bonds is 5. The Morgan fingerprint density at radius 2 is 1.92 bits per heavy atom. The highest BCUT2D eigenvalue weighted by Crippen LogP contribution is 2.40. The molecule has 1 N–H and O–H groups in total. The van der Waals surface area contributed by atoms with Crippen molar-refractivity contribution < 1.29 is 19.1 Å². The second-order valence-electron chi connectivity index (χ2n) is 10.9. The first kappa shape index (κ1) is 24.7. The molecular weight excluding hydrogens is 478 g/mol. The number of likely N-dealkylation sites (tertiary alicyclic amines) is 1. The molecule has 1 aromatic heterocycles. The van der Waals surface area contributed by atoms with E-state index in [0.29, 0.717) is 43.0 Å². The third-order valence-corrected chi connectivity index (χ3v) is 8.59. The molecule has 6 rings (SSSR count). The summed E-state index contributed by atoms with van der Waals surface area (Å²) in [5.74, 6) is 0.657. The van der Waals surface area contributed by atoms with Crippen molar-refractivity contribution in [1.29, 1.82) is 0 Å². The van der Waals surface area contributed by atoms with Gasteiger partial charge in [-0.2, -0.15) is 0 Å². The van der Waals surface area contributed by atoms with Crippen LogP contribution < -0.4 is 10.4 Å². The molecule has 2 unspecified atom stereocenters. The lowest BCUT2D eigenvalue weighted by Gasteiger charge is -2.47. The number of hydrogen-bond donors (Lipinski definition) is 1. The monoisotopic (exact) mass is 511 g/mol. The van der Waals surface area contributed by atoms with Gasteiger partial charge < -0.3 is 19.2 Å². The average Bonchev–Trinajstić information content (AvgIpc) is 2.93. The van der Waals surface area contributed by atoms with Crippen LogP contribution in [0.15, 0.2) is 69.9 Å². The molecule has 0 radical (unpaired) electrons. The summed E-state index contributed by atoms with van der Waals surface area (Å²) in [5, 5.41) is 14.1. The Bertz CT molecular complexity index is 1570. The summed E-state index contributed by atoms with van der Waals surface area (Å²) in [5.41, 5.74) is 1.54. The Kier molecular flexibility index (Phi) is 6.44. The van der Waals surface area contributed by atoms with E-state index in [2.05, 4.69) is 24.3 Å². The maximum Gasteiger partial charge on any atom is 0.340 e. The van der Waals surface area contributed by atoms with Gasteiger partial charge in [-0.3, -0.25) is 4.79 Å². The summed E-state index contributed by atoms with van der Waals surface area (Å²) in [7, 11) is 0. The van der Waals surface area contributed by atoms with Crippen molar-refractivity contribution in [3.05, 3.63) is 87.8 Å². The molecule has 1 amide bonds. The molecule has 0 spiro atoms. The molecule has 1 aliphatic carbocycles. The number of piperidine rings is 1. The molecule has 1 saturated carbocycles. The minimum Gasteiger partial charge on any atom is -0.489 e. The molecular formula is C32H33NO5. The lowest BCUT2D eigenvalue weighted by atomic mass is 9.71. The van der Waals surface area contributed by atoms with Crippen molar-refractivity contribution in [2.45, 2.75) is 57.7 Å². The first-order valence-corrected chi connectivity index (χ1v) is 13.6. The van der Waals surface area contributed by atoms with Gasteiger partial charge in [-0.05, 0) is 66.3 Å². The van der Waals surface area contributed by atoms with Gasteiger partial charge >= 0.3 is 5.63 Å². The number of aliphatic hydroxyl groups is 1. The molecule has 1 aliphatic heterocycles. The quantitative estimate of drug-likeness (QED) is 0.357. The van der Waals surface area contributed by atoms with Gasteiger partial charge in [0.2, 0.25) is 5.91 Å². The number of aryl methyl sites for hydroxylation is 1. The molecule has 196 valence electrons. The number of amides is 1. The minimum atomic E-state index is -0.638. The van der Waals surface area contributed by atoms with Crippen LogP contribution in [-0.2, 0) is 17.8 Å². The van der Waals surface area contributed by atoms with Crippen LogP contribution in [0.2, 0.25) is 0 Å². The van der Waals surface area contributed by atoms with Crippen LogP contribution in [0.25, 0.3) is 21.7 Å². The standard InChI is InChI=1S/C32H33NO5/c1-21-27-12-11-26(37-20-22-9-10-23-6-2-3-7-24(23)16-22)17-29(27)38-31(35)28(21)18-30(34)33-15-14-32(36)13-5-4-8-25(32)19-33/h2-3,6-7,9-12,16-17,25,36H,4-5,8,13-15,18-20H2,1H3. The van der Waals surface area contributed by atoms with E-state index in [4.69, 9.17) is 9.15 Å². The summed E-state index contributed by atoms with van der Waals surface area (Å²) in [6.07, 6.45) is 4.53. The number of hydrogen-bond acceptors (Lipinski definition) is 5. The molecule has 4 aromatic rings. The molecule has 0 bridgehead atoms. The minimum absolute atomic E-state index is 0.00940. The summed E-state index contributed by atoms with van der Waals surface area (Å²) >= 11 is 0. The smallest absolute Gasteiger partial charge is 0.340 e. The SMILES string of the molecule is Cc1c(CC(=O)N2CCC3(O)CCCCC3C2)c(=O)oc2cc(OCc3ccc4ccccc4c3)ccc12. The largest absolute Gasteiger partial charge is 0.489 e. The van der Waals surface area contributed by atoms with E-state index in [0.717, 1.165) is 47.6 Å². The fraction of sp³-hybridized carbons (Fsp3) is 0.375. The van der Waals surface area contributed by atoms with Crippen LogP contribution in [0.3, 0.4) is 0 Å². The summed E-state index contributed by atoms with van der Waals surface area (Å²) in [4.78, 5) is 28.0. The van der Waals surface area contributed by atoms with Gasteiger partial charge in [0.25, 0.3) is 0 Å². The summed E-state index contributed by atoms with van der Waals surface area (Å²) < 4.78 is 11.7. The van der Waals surface area contributed by atoms with Crippen molar-refractivity contribution in [1.82, 2.24) is 4.90 Å².